The fraction of sp³-hybridized carbons (Fsp3) is 0.176. The lowest BCUT2D eigenvalue weighted by atomic mass is 10.1. The van der Waals surface area contributed by atoms with Crippen molar-refractivity contribution in [2.45, 2.75) is 19.5 Å². The Hall–Kier alpha value is -1.77. The van der Waals surface area contributed by atoms with Crippen molar-refractivity contribution >= 4 is 22.5 Å². The number of hydrogen-bond acceptors (Lipinski definition) is 1. The molecule has 0 aliphatic heterocycles. The largest absolute Gasteiger partial charge is 0.361 e. The number of H-pyrrole nitrogens is 1. The van der Waals surface area contributed by atoms with Gasteiger partial charge in [-0.1, -0.05) is 41.9 Å². The van der Waals surface area contributed by atoms with Crippen molar-refractivity contribution in [3.63, 3.8) is 0 Å². The van der Waals surface area contributed by atoms with Crippen LogP contribution in [0.1, 0.15) is 24.1 Å². The van der Waals surface area contributed by atoms with Crippen LogP contribution in [0.4, 0.5) is 0 Å². The lowest BCUT2D eigenvalue weighted by Gasteiger charge is -2.14. The van der Waals surface area contributed by atoms with Gasteiger partial charge in [-0.05, 0) is 36.2 Å². The van der Waals surface area contributed by atoms with Crippen molar-refractivity contribution in [1.29, 1.82) is 0 Å². The Labute approximate surface area is 123 Å². The molecule has 1 heterocycles. The number of benzene rings is 2. The van der Waals surface area contributed by atoms with E-state index in [1.54, 1.807) is 0 Å². The van der Waals surface area contributed by atoms with E-state index in [2.05, 4.69) is 53.8 Å². The lowest BCUT2D eigenvalue weighted by Crippen LogP contribution is -2.17. The summed E-state index contributed by atoms with van der Waals surface area (Å²) in [5, 5.41) is 5.61. The molecule has 2 aromatic carbocycles. The standard InChI is InChI=1S/C17H17ClN2/c1-12(13-6-8-15(18)9-7-13)19-10-14-11-20-17-5-3-2-4-16(14)17/h2-9,11-12,19-20H,10H2,1H3/t12-/m1/s1. The zero-order valence-corrected chi connectivity index (χ0v) is 12.1. The van der Waals surface area contributed by atoms with Crippen molar-refractivity contribution in [2.24, 2.45) is 0 Å². The van der Waals surface area contributed by atoms with Gasteiger partial charge in [0.2, 0.25) is 0 Å². The van der Waals surface area contributed by atoms with Crippen molar-refractivity contribution in [3.05, 3.63) is 70.9 Å². The zero-order chi connectivity index (χ0) is 13.9. The van der Waals surface area contributed by atoms with Crippen molar-refractivity contribution in [2.75, 3.05) is 0 Å². The fourth-order valence-corrected chi connectivity index (χ4v) is 2.54. The zero-order valence-electron chi connectivity index (χ0n) is 11.4. The molecule has 0 amide bonds. The van der Waals surface area contributed by atoms with Gasteiger partial charge in [-0.15, -0.1) is 0 Å². The Morgan fingerprint density at radius 2 is 1.85 bits per heavy atom. The predicted octanol–water partition coefficient (Wildman–Crippen LogP) is 4.67. The summed E-state index contributed by atoms with van der Waals surface area (Å²) in [5.41, 5.74) is 3.72. The number of fused-ring (bicyclic) bond motifs is 1. The third-order valence-electron chi connectivity index (χ3n) is 3.64. The number of halogens is 1. The van der Waals surface area contributed by atoms with Crippen LogP contribution < -0.4 is 5.32 Å². The molecule has 20 heavy (non-hydrogen) atoms. The van der Waals surface area contributed by atoms with Gasteiger partial charge in [-0.25, -0.2) is 0 Å². The van der Waals surface area contributed by atoms with E-state index in [1.165, 1.54) is 22.0 Å². The minimum Gasteiger partial charge on any atom is -0.361 e. The topological polar surface area (TPSA) is 27.8 Å². The number of aromatic amines is 1. The highest BCUT2D eigenvalue weighted by Gasteiger charge is 2.07. The van der Waals surface area contributed by atoms with Crippen LogP contribution in [-0.4, -0.2) is 4.98 Å². The summed E-state index contributed by atoms with van der Waals surface area (Å²) in [7, 11) is 0. The van der Waals surface area contributed by atoms with Gasteiger partial charge in [0.05, 0.1) is 0 Å². The SMILES string of the molecule is C[C@@H](NCc1c[nH]c2ccccc12)c1ccc(Cl)cc1. The molecule has 3 aromatic rings. The molecule has 0 aliphatic carbocycles. The molecule has 0 fully saturated rings. The predicted molar refractivity (Wildman–Crippen MR) is 85.0 cm³/mol. The fourth-order valence-electron chi connectivity index (χ4n) is 2.41. The second kappa shape index (κ2) is 5.70. The van der Waals surface area contributed by atoms with Gasteiger partial charge in [0.15, 0.2) is 0 Å². The first-order valence-electron chi connectivity index (χ1n) is 6.78. The maximum Gasteiger partial charge on any atom is 0.0457 e. The molecule has 3 heteroatoms. The molecule has 2 N–H and O–H groups in total. The third kappa shape index (κ3) is 2.72. The highest BCUT2D eigenvalue weighted by atomic mass is 35.5. The molecule has 0 spiro atoms. The van der Waals surface area contributed by atoms with Gasteiger partial charge in [0, 0.05) is 34.7 Å². The van der Waals surface area contributed by atoms with Crippen molar-refractivity contribution in [1.82, 2.24) is 10.3 Å². The van der Waals surface area contributed by atoms with E-state index in [4.69, 9.17) is 11.6 Å². The van der Waals surface area contributed by atoms with Gasteiger partial charge in [-0.2, -0.15) is 0 Å². The molecule has 2 nitrogen and oxygen atoms in total. The molecule has 0 saturated heterocycles. The Kier molecular flexibility index (Phi) is 3.77. The first-order valence-corrected chi connectivity index (χ1v) is 7.15. The first-order chi connectivity index (χ1) is 9.74. The molecule has 102 valence electrons. The molecule has 0 radical (unpaired) electrons. The average molecular weight is 285 g/mol. The Balaban J connectivity index is 1.71. The lowest BCUT2D eigenvalue weighted by molar-refractivity contribution is 0.576. The van der Waals surface area contributed by atoms with Crippen LogP contribution in [0.25, 0.3) is 10.9 Å². The van der Waals surface area contributed by atoms with Crippen LogP contribution >= 0.6 is 11.6 Å². The van der Waals surface area contributed by atoms with Crippen LogP contribution in [-0.2, 0) is 6.54 Å². The summed E-state index contributed by atoms with van der Waals surface area (Å²) in [6.07, 6.45) is 2.08. The van der Waals surface area contributed by atoms with Crippen LogP contribution in [0, 0.1) is 0 Å². The van der Waals surface area contributed by atoms with E-state index in [1.807, 2.05) is 18.2 Å². The quantitative estimate of drug-likeness (QED) is 0.716. The van der Waals surface area contributed by atoms with E-state index >= 15 is 0 Å². The third-order valence-corrected chi connectivity index (χ3v) is 3.90. The number of para-hydroxylation sites is 1. The molecular weight excluding hydrogens is 268 g/mol. The van der Waals surface area contributed by atoms with E-state index in [0.29, 0.717) is 6.04 Å². The number of rotatable bonds is 4. The van der Waals surface area contributed by atoms with E-state index in [0.717, 1.165) is 11.6 Å². The summed E-state index contributed by atoms with van der Waals surface area (Å²) in [6.45, 7) is 3.01. The summed E-state index contributed by atoms with van der Waals surface area (Å²) in [5.74, 6) is 0. The second-order valence-electron chi connectivity index (χ2n) is 5.01. The monoisotopic (exact) mass is 284 g/mol. The minimum absolute atomic E-state index is 0.293. The van der Waals surface area contributed by atoms with Crippen molar-refractivity contribution in [3.8, 4) is 0 Å². The second-order valence-corrected chi connectivity index (χ2v) is 5.45. The Bertz CT molecular complexity index is 700. The van der Waals surface area contributed by atoms with Crippen LogP contribution in [0.15, 0.2) is 54.7 Å². The summed E-state index contributed by atoms with van der Waals surface area (Å²) in [6, 6.07) is 16.7. The molecule has 1 aromatic heterocycles. The highest BCUT2D eigenvalue weighted by molar-refractivity contribution is 6.30. The van der Waals surface area contributed by atoms with Gasteiger partial charge >= 0.3 is 0 Å². The number of nitrogens with one attached hydrogen (secondary N) is 2. The van der Waals surface area contributed by atoms with Crippen LogP contribution in [0.3, 0.4) is 0 Å². The van der Waals surface area contributed by atoms with Gasteiger partial charge in [-0.3, -0.25) is 0 Å². The number of aromatic nitrogens is 1. The maximum atomic E-state index is 5.92. The first kappa shape index (κ1) is 13.2. The normalized spacial score (nSPS) is 12.7. The summed E-state index contributed by atoms with van der Waals surface area (Å²) < 4.78 is 0. The molecule has 0 aliphatic rings. The maximum absolute atomic E-state index is 5.92. The minimum atomic E-state index is 0.293. The summed E-state index contributed by atoms with van der Waals surface area (Å²) >= 11 is 5.92. The summed E-state index contributed by atoms with van der Waals surface area (Å²) in [4.78, 5) is 3.30. The van der Waals surface area contributed by atoms with Crippen molar-refractivity contribution < 1.29 is 0 Å². The Morgan fingerprint density at radius 3 is 2.65 bits per heavy atom. The molecular formula is C17H17ClN2. The smallest absolute Gasteiger partial charge is 0.0457 e. The molecule has 0 saturated carbocycles. The van der Waals surface area contributed by atoms with Gasteiger partial charge in [0.25, 0.3) is 0 Å². The molecule has 3 rings (SSSR count). The highest BCUT2D eigenvalue weighted by Crippen LogP contribution is 2.20. The average Bonchev–Trinajstić information content (AvgIpc) is 2.89. The van der Waals surface area contributed by atoms with E-state index < -0.39 is 0 Å². The Morgan fingerprint density at radius 1 is 1.10 bits per heavy atom. The van der Waals surface area contributed by atoms with Gasteiger partial charge in [0.1, 0.15) is 0 Å². The number of hydrogen-bond donors (Lipinski definition) is 2. The molecule has 0 unspecified atom stereocenters. The van der Waals surface area contributed by atoms with E-state index in [9.17, 15) is 0 Å². The van der Waals surface area contributed by atoms with Crippen LogP contribution in [0.2, 0.25) is 5.02 Å². The molecule has 0 bridgehead atoms. The molecule has 1 atom stereocenters. The van der Waals surface area contributed by atoms with Gasteiger partial charge < -0.3 is 10.3 Å². The van der Waals surface area contributed by atoms with E-state index in [-0.39, 0.29) is 0 Å². The van der Waals surface area contributed by atoms with Crippen LogP contribution in [0.5, 0.6) is 0 Å².